The summed E-state index contributed by atoms with van der Waals surface area (Å²) in [5.41, 5.74) is 1.80. The van der Waals surface area contributed by atoms with Gasteiger partial charge in [0.15, 0.2) is 5.96 Å². The molecule has 0 bridgehead atoms. The average Bonchev–Trinajstić information content (AvgIpc) is 2.63. The first-order chi connectivity index (χ1) is 12.2. The van der Waals surface area contributed by atoms with Gasteiger partial charge in [-0.3, -0.25) is 4.79 Å². The van der Waals surface area contributed by atoms with E-state index in [0.717, 1.165) is 50.4 Å². The molecule has 1 rings (SSSR count). The van der Waals surface area contributed by atoms with E-state index < -0.39 is 0 Å². The van der Waals surface area contributed by atoms with Crippen molar-refractivity contribution in [3.63, 3.8) is 0 Å². The minimum absolute atomic E-state index is 0. The van der Waals surface area contributed by atoms with Gasteiger partial charge in [0.2, 0.25) is 0 Å². The minimum Gasteiger partial charge on any atom is -0.357 e. The summed E-state index contributed by atoms with van der Waals surface area (Å²) in [4.78, 5) is 16.6. The lowest BCUT2D eigenvalue weighted by Crippen LogP contribution is -2.37. The van der Waals surface area contributed by atoms with Crippen LogP contribution < -0.4 is 16.0 Å². The van der Waals surface area contributed by atoms with E-state index in [-0.39, 0.29) is 29.9 Å². The topological polar surface area (TPSA) is 65.5 Å². The molecular formula is C20H35IN4O. The Balaban J connectivity index is 0.00000625. The number of unbranched alkanes of at least 4 members (excludes halogenated alkanes) is 3. The lowest BCUT2D eigenvalue weighted by atomic mass is 10.1. The van der Waals surface area contributed by atoms with Crippen LogP contribution >= 0.6 is 24.0 Å². The van der Waals surface area contributed by atoms with Crippen LogP contribution in [0.5, 0.6) is 0 Å². The van der Waals surface area contributed by atoms with Crippen LogP contribution in [0.15, 0.2) is 29.3 Å². The van der Waals surface area contributed by atoms with Crippen molar-refractivity contribution in [1.29, 1.82) is 0 Å². The Kier molecular flexibility index (Phi) is 15.1. The first-order valence-electron chi connectivity index (χ1n) is 9.60. The maximum Gasteiger partial charge on any atom is 0.251 e. The Morgan fingerprint density at radius 1 is 0.885 bits per heavy atom. The number of hydrogen-bond acceptors (Lipinski definition) is 2. The zero-order valence-corrected chi connectivity index (χ0v) is 18.8. The van der Waals surface area contributed by atoms with Gasteiger partial charge < -0.3 is 16.0 Å². The molecule has 0 spiro atoms. The minimum atomic E-state index is -0.00516. The molecule has 1 aromatic rings. The highest BCUT2D eigenvalue weighted by molar-refractivity contribution is 14.0. The molecule has 1 amide bonds. The quantitative estimate of drug-likeness (QED) is 0.196. The van der Waals surface area contributed by atoms with Crippen LogP contribution in [0.25, 0.3) is 0 Å². The lowest BCUT2D eigenvalue weighted by Gasteiger charge is -2.11. The number of rotatable bonds is 11. The molecule has 0 fully saturated rings. The Morgan fingerprint density at radius 2 is 1.54 bits per heavy atom. The van der Waals surface area contributed by atoms with Gasteiger partial charge in [-0.25, -0.2) is 4.99 Å². The second kappa shape index (κ2) is 15.9. The van der Waals surface area contributed by atoms with Crippen LogP contribution in [-0.2, 0) is 6.54 Å². The van der Waals surface area contributed by atoms with E-state index in [1.165, 1.54) is 12.8 Å². The fraction of sp³-hybridized carbons (Fsp3) is 0.600. The monoisotopic (exact) mass is 474 g/mol. The summed E-state index contributed by atoms with van der Waals surface area (Å²) in [6, 6.07) is 7.68. The summed E-state index contributed by atoms with van der Waals surface area (Å²) in [6.45, 7) is 9.50. The molecule has 0 aliphatic rings. The van der Waals surface area contributed by atoms with E-state index in [4.69, 9.17) is 0 Å². The van der Waals surface area contributed by atoms with E-state index in [0.29, 0.717) is 12.1 Å². The number of nitrogens with one attached hydrogen (secondary N) is 3. The molecular weight excluding hydrogens is 439 g/mol. The van der Waals surface area contributed by atoms with Gasteiger partial charge in [0.05, 0.1) is 6.54 Å². The first-order valence-corrected chi connectivity index (χ1v) is 9.60. The molecule has 148 valence electrons. The number of guanidine groups is 1. The standard InChI is InChI=1S/C20H34N4O.HI/c1-4-7-9-15-23-20(21-6-3)24-16-17-10-12-18(13-11-17)19(25)22-14-8-5-2;/h10-13H,4-9,14-16H2,1-3H3,(H,22,25)(H2,21,23,24);1H. The van der Waals surface area contributed by atoms with Gasteiger partial charge in [-0.2, -0.15) is 0 Å². The van der Waals surface area contributed by atoms with Crippen molar-refractivity contribution >= 4 is 35.8 Å². The smallest absolute Gasteiger partial charge is 0.251 e. The average molecular weight is 474 g/mol. The summed E-state index contributed by atoms with van der Waals surface area (Å²) < 4.78 is 0. The Morgan fingerprint density at radius 3 is 2.15 bits per heavy atom. The van der Waals surface area contributed by atoms with Gasteiger partial charge in [-0.05, 0) is 37.5 Å². The lowest BCUT2D eigenvalue weighted by molar-refractivity contribution is 0.0953. The number of carbonyl (C=O) groups is 1. The van der Waals surface area contributed by atoms with Gasteiger partial charge in [-0.15, -0.1) is 24.0 Å². The van der Waals surface area contributed by atoms with Crippen molar-refractivity contribution in [3.8, 4) is 0 Å². The molecule has 0 atom stereocenters. The van der Waals surface area contributed by atoms with E-state index in [1.54, 1.807) is 0 Å². The molecule has 0 heterocycles. The Hall–Kier alpha value is -1.31. The third-order valence-corrected chi connectivity index (χ3v) is 3.87. The van der Waals surface area contributed by atoms with Crippen molar-refractivity contribution < 1.29 is 4.79 Å². The summed E-state index contributed by atoms with van der Waals surface area (Å²) >= 11 is 0. The number of nitrogens with zero attached hydrogens (tertiary/aromatic N) is 1. The molecule has 0 radical (unpaired) electrons. The number of aliphatic imine (C=N–C) groups is 1. The summed E-state index contributed by atoms with van der Waals surface area (Å²) in [5, 5.41) is 9.55. The molecule has 0 aliphatic carbocycles. The van der Waals surface area contributed by atoms with Crippen LogP contribution in [0.1, 0.15) is 68.8 Å². The number of hydrogen-bond donors (Lipinski definition) is 3. The molecule has 0 saturated heterocycles. The third-order valence-electron chi connectivity index (χ3n) is 3.87. The first kappa shape index (κ1) is 24.7. The SMILES string of the molecule is CCCCCNC(=NCc1ccc(C(=O)NCCCC)cc1)NCC.I. The van der Waals surface area contributed by atoms with Gasteiger partial charge in [0, 0.05) is 25.2 Å². The maximum absolute atomic E-state index is 12.0. The molecule has 6 heteroatoms. The van der Waals surface area contributed by atoms with E-state index in [2.05, 4.69) is 41.7 Å². The molecule has 26 heavy (non-hydrogen) atoms. The summed E-state index contributed by atoms with van der Waals surface area (Å²) in [5.74, 6) is 0.842. The fourth-order valence-corrected chi connectivity index (χ4v) is 2.34. The highest BCUT2D eigenvalue weighted by Gasteiger charge is 2.04. The molecule has 5 nitrogen and oxygen atoms in total. The van der Waals surface area contributed by atoms with Gasteiger partial charge in [-0.1, -0.05) is 45.2 Å². The number of amides is 1. The molecule has 0 aromatic heterocycles. The number of carbonyl (C=O) groups excluding carboxylic acids is 1. The van der Waals surface area contributed by atoms with Crippen molar-refractivity contribution in [2.75, 3.05) is 19.6 Å². The number of benzene rings is 1. The number of halogens is 1. The van der Waals surface area contributed by atoms with Gasteiger partial charge >= 0.3 is 0 Å². The largest absolute Gasteiger partial charge is 0.357 e. The fourth-order valence-electron chi connectivity index (χ4n) is 2.34. The van der Waals surface area contributed by atoms with Crippen molar-refractivity contribution in [1.82, 2.24) is 16.0 Å². The molecule has 3 N–H and O–H groups in total. The Labute approximate surface area is 175 Å². The maximum atomic E-state index is 12.0. The predicted molar refractivity (Wildman–Crippen MR) is 121 cm³/mol. The van der Waals surface area contributed by atoms with Crippen molar-refractivity contribution in [2.45, 2.75) is 59.4 Å². The highest BCUT2D eigenvalue weighted by Crippen LogP contribution is 2.06. The molecule has 0 saturated carbocycles. The van der Waals surface area contributed by atoms with E-state index >= 15 is 0 Å². The van der Waals surface area contributed by atoms with E-state index in [1.807, 2.05) is 24.3 Å². The summed E-state index contributed by atoms with van der Waals surface area (Å²) in [6.07, 6.45) is 5.69. The zero-order valence-electron chi connectivity index (χ0n) is 16.4. The zero-order chi connectivity index (χ0) is 18.3. The molecule has 1 aromatic carbocycles. The van der Waals surface area contributed by atoms with Crippen LogP contribution in [0, 0.1) is 0 Å². The molecule has 0 unspecified atom stereocenters. The van der Waals surface area contributed by atoms with Crippen molar-refractivity contribution in [3.05, 3.63) is 35.4 Å². The third kappa shape index (κ3) is 10.6. The Bertz CT molecular complexity index is 517. The predicted octanol–water partition coefficient (Wildman–Crippen LogP) is 4.08. The molecule has 0 aliphatic heterocycles. The van der Waals surface area contributed by atoms with Crippen LogP contribution in [0.2, 0.25) is 0 Å². The van der Waals surface area contributed by atoms with E-state index in [9.17, 15) is 4.79 Å². The van der Waals surface area contributed by atoms with Gasteiger partial charge in [0.1, 0.15) is 0 Å². The van der Waals surface area contributed by atoms with Gasteiger partial charge in [0.25, 0.3) is 5.91 Å². The van der Waals surface area contributed by atoms with Crippen LogP contribution in [0.3, 0.4) is 0 Å². The van der Waals surface area contributed by atoms with Crippen LogP contribution in [-0.4, -0.2) is 31.5 Å². The van der Waals surface area contributed by atoms with Crippen LogP contribution in [0.4, 0.5) is 0 Å². The normalized spacial score (nSPS) is 10.8. The highest BCUT2D eigenvalue weighted by atomic mass is 127. The second-order valence-corrected chi connectivity index (χ2v) is 6.14. The van der Waals surface area contributed by atoms with Crippen molar-refractivity contribution in [2.24, 2.45) is 4.99 Å². The summed E-state index contributed by atoms with van der Waals surface area (Å²) in [7, 11) is 0. The second-order valence-electron chi connectivity index (χ2n) is 6.14.